The molecule has 114 valence electrons. The van der Waals surface area contributed by atoms with Crippen LogP contribution in [0.15, 0.2) is 36.9 Å². The first kappa shape index (κ1) is 15.6. The first-order chi connectivity index (χ1) is 10.7. The Balaban J connectivity index is 1.76. The second-order valence-corrected chi connectivity index (χ2v) is 4.73. The fraction of sp³-hybridized carbons (Fsp3) is 0.312. The van der Waals surface area contributed by atoms with Gasteiger partial charge in [-0.25, -0.2) is 9.67 Å². The van der Waals surface area contributed by atoms with Crippen molar-refractivity contribution in [2.75, 3.05) is 13.2 Å². The zero-order valence-corrected chi connectivity index (χ0v) is 12.4. The van der Waals surface area contributed by atoms with Gasteiger partial charge in [-0.15, -0.1) is 6.42 Å². The van der Waals surface area contributed by atoms with E-state index in [1.807, 2.05) is 24.3 Å². The summed E-state index contributed by atoms with van der Waals surface area (Å²) in [7, 11) is 0. The monoisotopic (exact) mass is 298 g/mol. The average molecular weight is 298 g/mol. The maximum Gasteiger partial charge on any atom is 0.244 e. The quantitative estimate of drug-likeness (QED) is 0.780. The minimum absolute atomic E-state index is 0.0838. The molecule has 6 heteroatoms. The molecule has 22 heavy (non-hydrogen) atoms. The van der Waals surface area contributed by atoms with E-state index in [1.165, 1.54) is 17.3 Å². The molecule has 0 saturated heterocycles. The Morgan fingerprint density at radius 2 is 2.23 bits per heavy atom. The summed E-state index contributed by atoms with van der Waals surface area (Å²) in [4.78, 5) is 15.8. The van der Waals surface area contributed by atoms with Gasteiger partial charge in [-0.05, 0) is 31.0 Å². The van der Waals surface area contributed by atoms with Gasteiger partial charge in [0.2, 0.25) is 5.91 Å². The Morgan fingerprint density at radius 1 is 1.45 bits per heavy atom. The van der Waals surface area contributed by atoms with Gasteiger partial charge < -0.3 is 10.1 Å². The Kier molecular flexibility index (Phi) is 5.55. The predicted molar refractivity (Wildman–Crippen MR) is 82.2 cm³/mol. The van der Waals surface area contributed by atoms with Crippen molar-refractivity contribution in [1.82, 2.24) is 20.1 Å². The Morgan fingerprint density at radius 3 is 2.86 bits per heavy atom. The van der Waals surface area contributed by atoms with Crippen LogP contribution in [0.2, 0.25) is 0 Å². The van der Waals surface area contributed by atoms with Gasteiger partial charge in [0.25, 0.3) is 0 Å². The van der Waals surface area contributed by atoms with Crippen LogP contribution in [0.4, 0.5) is 0 Å². The average Bonchev–Trinajstić information content (AvgIpc) is 3.07. The molecule has 1 atom stereocenters. The lowest BCUT2D eigenvalue weighted by molar-refractivity contribution is -0.124. The van der Waals surface area contributed by atoms with E-state index in [-0.39, 0.29) is 18.6 Å². The van der Waals surface area contributed by atoms with E-state index in [0.717, 1.165) is 17.7 Å². The molecule has 0 bridgehead atoms. The molecule has 0 radical (unpaired) electrons. The number of carbonyl (C=O) groups is 1. The molecule has 1 aromatic heterocycles. The number of nitrogens with zero attached hydrogens (tertiary/aromatic N) is 3. The van der Waals surface area contributed by atoms with Crippen LogP contribution in [0.25, 0.3) is 0 Å². The SMILES string of the molecule is C#CCOc1ccc(CCNC(=O)C(C)n2cncn2)cc1. The molecular formula is C16H18N4O2. The van der Waals surface area contributed by atoms with Gasteiger partial charge in [0.05, 0.1) is 0 Å². The zero-order valence-electron chi connectivity index (χ0n) is 12.4. The van der Waals surface area contributed by atoms with Crippen LogP contribution < -0.4 is 10.1 Å². The van der Waals surface area contributed by atoms with Crippen LogP contribution >= 0.6 is 0 Å². The summed E-state index contributed by atoms with van der Waals surface area (Å²) in [6, 6.07) is 7.28. The number of ether oxygens (including phenoxy) is 1. The third-order valence-electron chi connectivity index (χ3n) is 3.17. The highest BCUT2D eigenvalue weighted by atomic mass is 16.5. The minimum atomic E-state index is -0.373. The molecule has 6 nitrogen and oxygen atoms in total. The Bertz CT molecular complexity index is 629. The molecule has 0 aliphatic rings. The maximum atomic E-state index is 12.0. The van der Waals surface area contributed by atoms with E-state index in [1.54, 1.807) is 6.92 Å². The number of nitrogens with one attached hydrogen (secondary N) is 1. The van der Waals surface area contributed by atoms with Crippen molar-refractivity contribution in [3.63, 3.8) is 0 Å². The van der Waals surface area contributed by atoms with E-state index in [2.05, 4.69) is 21.3 Å². The van der Waals surface area contributed by atoms with Gasteiger partial charge in [0, 0.05) is 6.54 Å². The lowest BCUT2D eigenvalue weighted by Gasteiger charge is -2.12. The standard InChI is InChI=1S/C16H18N4O2/c1-3-10-22-15-6-4-14(5-7-15)8-9-18-16(21)13(2)20-12-17-11-19-20/h1,4-7,11-13H,8-10H2,2H3,(H,18,21). The van der Waals surface area contributed by atoms with Crippen molar-refractivity contribution in [2.45, 2.75) is 19.4 Å². The molecule has 0 aliphatic carbocycles. The number of hydrogen-bond acceptors (Lipinski definition) is 4. The smallest absolute Gasteiger partial charge is 0.244 e. The summed E-state index contributed by atoms with van der Waals surface area (Å²) in [5, 5.41) is 6.84. The Hall–Kier alpha value is -2.81. The summed E-state index contributed by atoms with van der Waals surface area (Å²) in [6.45, 7) is 2.60. The van der Waals surface area contributed by atoms with Crippen molar-refractivity contribution in [2.24, 2.45) is 0 Å². The largest absolute Gasteiger partial charge is 0.481 e. The van der Waals surface area contributed by atoms with Crippen molar-refractivity contribution < 1.29 is 9.53 Å². The summed E-state index contributed by atoms with van der Waals surface area (Å²) < 4.78 is 6.82. The van der Waals surface area contributed by atoms with Crippen LogP contribution in [0.3, 0.4) is 0 Å². The lowest BCUT2D eigenvalue weighted by atomic mass is 10.1. The van der Waals surface area contributed by atoms with Crippen LogP contribution in [0.1, 0.15) is 18.5 Å². The molecule has 1 unspecified atom stereocenters. The first-order valence-corrected chi connectivity index (χ1v) is 6.97. The van der Waals surface area contributed by atoms with Crippen molar-refractivity contribution in [1.29, 1.82) is 0 Å². The molecule has 0 spiro atoms. The molecule has 1 aromatic carbocycles. The maximum absolute atomic E-state index is 12.0. The highest BCUT2D eigenvalue weighted by Gasteiger charge is 2.14. The molecule has 2 rings (SSSR count). The van der Waals surface area contributed by atoms with E-state index >= 15 is 0 Å². The lowest BCUT2D eigenvalue weighted by Crippen LogP contribution is -2.32. The van der Waals surface area contributed by atoms with E-state index in [4.69, 9.17) is 11.2 Å². The Labute approximate surface area is 129 Å². The van der Waals surface area contributed by atoms with Gasteiger partial charge in [0.1, 0.15) is 31.1 Å². The fourth-order valence-corrected chi connectivity index (χ4v) is 1.89. The molecule has 1 N–H and O–H groups in total. The van der Waals surface area contributed by atoms with Crippen molar-refractivity contribution in [3.8, 4) is 18.1 Å². The molecule has 1 amide bonds. The van der Waals surface area contributed by atoms with Gasteiger partial charge in [0.15, 0.2) is 0 Å². The topological polar surface area (TPSA) is 69.0 Å². The summed E-state index contributed by atoms with van der Waals surface area (Å²) in [5.74, 6) is 3.08. The predicted octanol–water partition coefficient (Wildman–Crippen LogP) is 1.21. The molecule has 1 heterocycles. The second-order valence-electron chi connectivity index (χ2n) is 4.73. The molecular weight excluding hydrogens is 280 g/mol. The molecule has 0 fully saturated rings. The highest BCUT2D eigenvalue weighted by Crippen LogP contribution is 2.12. The number of amides is 1. The third kappa shape index (κ3) is 4.35. The highest BCUT2D eigenvalue weighted by molar-refractivity contribution is 5.79. The van der Waals surface area contributed by atoms with Gasteiger partial charge >= 0.3 is 0 Å². The van der Waals surface area contributed by atoms with Crippen molar-refractivity contribution >= 4 is 5.91 Å². The zero-order chi connectivity index (χ0) is 15.8. The van der Waals surface area contributed by atoms with Crippen LogP contribution in [0.5, 0.6) is 5.75 Å². The van der Waals surface area contributed by atoms with Crippen LogP contribution in [-0.4, -0.2) is 33.8 Å². The molecule has 0 aliphatic heterocycles. The van der Waals surface area contributed by atoms with Gasteiger partial charge in [-0.2, -0.15) is 5.10 Å². The normalized spacial score (nSPS) is 11.5. The number of terminal acetylenes is 1. The van der Waals surface area contributed by atoms with E-state index in [0.29, 0.717) is 6.54 Å². The molecule has 2 aromatic rings. The van der Waals surface area contributed by atoms with Gasteiger partial charge in [-0.1, -0.05) is 18.1 Å². The van der Waals surface area contributed by atoms with Crippen LogP contribution in [-0.2, 0) is 11.2 Å². The number of rotatable bonds is 7. The molecule has 0 saturated carbocycles. The van der Waals surface area contributed by atoms with E-state index < -0.39 is 0 Å². The van der Waals surface area contributed by atoms with Gasteiger partial charge in [-0.3, -0.25) is 4.79 Å². The number of carbonyl (C=O) groups excluding carboxylic acids is 1. The summed E-state index contributed by atoms with van der Waals surface area (Å²) >= 11 is 0. The fourth-order valence-electron chi connectivity index (χ4n) is 1.89. The van der Waals surface area contributed by atoms with Crippen molar-refractivity contribution in [3.05, 3.63) is 42.5 Å². The summed E-state index contributed by atoms with van der Waals surface area (Å²) in [5.41, 5.74) is 1.11. The van der Waals surface area contributed by atoms with E-state index in [9.17, 15) is 4.79 Å². The number of aromatic nitrogens is 3. The summed E-state index contributed by atoms with van der Waals surface area (Å²) in [6.07, 6.45) is 8.81. The van der Waals surface area contributed by atoms with Crippen LogP contribution in [0, 0.1) is 12.3 Å². The number of benzene rings is 1. The second kappa shape index (κ2) is 7.84. The minimum Gasteiger partial charge on any atom is -0.481 e. The third-order valence-corrected chi connectivity index (χ3v) is 3.17. The number of hydrogen-bond donors (Lipinski definition) is 1. The first-order valence-electron chi connectivity index (χ1n) is 6.97.